The lowest BCUT2D eigenvalue weighted by atomic mass is 9.95. The van der Waals surface area contributed by atoms with Crippen LogP contribution < -0.4 is 0 Å². The molecule has 0 saturated carbocycles. The first-order chi connectivity index (χ1) is 9.11. The van der Waals surface area contributed by atoms with Gasteiger partial charge in [0.15, 0.2) is 0 Å². The fraction of sp³-hybridized carbons (Fsp3) is 0.538. The number of hydrogen-bond donors (Lipinski definition) is 0. The van der Waals surface area contributed by atoms with E-state index in [9.17, 15) is 14.5 Å². The van der Waals surface area contributed by atoms with Gasteiger partial charge in [-0.15, -0.1) is 0 Å². The van der Waals surface area contributed by atoms with Gasteiger partial charge >= 0.3 is 0 Å². The van der Waals surface area contributed by atoms with Crippen LogP contribution in [0.1, 0.15) is 11.5 Å². The maximum Gasteiger partial charge on any atom is 0.233 e. The van der Waals surface area contributed by atoms with E-state index in [1.807, 2.05) is 4.90 Å². The largest absolute Gasteiger partial charge is 0.383 e. The average Bonchev–Trinajstić information content (AvgIpc) is 2.81. The van der Waals surface area contributed by atoms with Gasteiger partial charge in [0.2, 0.25) is 6.04 Å². The van der Waals surface area contributed by atoms with Crippen LogP contribution in [0, 0.1) is 15.9 Å². The number of benzene rings is 1. The van der Waals surface area contributed by atoms with Crippen LogP contribution in [0.4, 0.5) is 4.39 Å². The normalized spacial score (nSPS) is 23.7. The van der Waals surface area contributed by atoms with Crippen molar-refractivity contribution in [2.45, 2.75) is 12.0 Å². The van der Waals surface area contributed by atoms with Gasteiger partial charge in [0, 0.05) is 25.1 Å². The molecule has 0 aliphatic carbocycles. The molecule has 0 aromatic heterocycles. The number of nitro groups is 1. The first kappa shape index (κ1) is 13.9. The highest BCUT2D eigenvalue weighted by Crippen LogP contribution is 2.29. The molecule has 1 saturated heterocycles. The van der Waals surface area contributed by atoms with E-state index in [0.29, 0.717) is 26.2 Å². The molecule has 0 unspecified atom stereocenters. The minimum Gasteiger partial charge on any atom is -0.383 e. The molecule has 0 N–H and O–H groups in total. The highest BCUT2D eigenvalue weighted by molar-refractivity contribution is 5.23. The molecule has 1 fully saturated rings. The van der Waals surface area contributed by atoms with Gasteiger partial charge in [-0.1, -0.05) is 12.1 Å². The van der Waals surface area contributed by atoms with E-state index in [-0.39, 0.29) is 16.7 Å². The van der Waals surface area contributed by atoms with E-state index < -0.39 is 6.04 Å². The van der Waals surface area contributed by atoms with Crippen molar-refractivity contribution < 1.29 is 14.1 Å². The predicted molar refractivity (Wildman–Crippen MR) is 68.2 cm³/mol. The van der Waals surface area contributed by atoms with Crippen LogP contribution in [0.5, 0.6) is 0 Å². The number of ether oxygens (including phenoxy) is 1. The summed E-state index contributed by atoms with van der Waals surface area (Å²) < 4.78 is 17.9. The van der Waals surface area contributed by atoms with E-state index >= 15 is 0 Å². The molecule has 1 aromatic carbocycles. The van der Waals surface area contributed by atoms with Gasteiger partial charge in [-0.05, 0) is 17.7 Å². The smallest absolute Gasteiger partial charge is 0.233 e. The first-order valence-corrected chi connectivity index (χ1v) is 6.22. The number of rotatable bonds is 5. The summed E-state index contributed by atoms with van der Waals surface area (Å²) >= 11 is 0. The van der Waals surface area contributed by atoms with Crippen LogP contribution in [0.25, 0.3) is 0 Å². The van der Waals surface area contributed by atoms with Crippen LogP contribution in [0.3, 0.4) is 0 Å². The molecular formula is C13H17FN2O3. The lowest BCUT2D eigenvalue weighted by molar-refractivity contribution is -0.521. The van der Waals surface area contributed by atoms with Crippen molar-refractivity contribution in [2.75, 3.05) is 33.4 Å². The van der Waals surface area contributed by atoms with Crippen molar-refractivity contribution in [2.24, 2.45) is 0 Å². The number of likely N-dealkylation sites (tertiary alicyclic amines) is 1. The van der Waals surface area contributed by atoms with Crippen molar-refractivity contribution in [1.29, 1.82) is 0 Å². The average molecular weight is 268 g/mol. The van der Waals surface area contributed by atoms with Crippen molar-refractivity contribution in [3.63, 3.8) is 0 Å². The summed E-state index contributed by atoms with van der Waals surface area (Å²) in [6.07, 6.45) is 0. The highest BCUT2D eigenvalue weighted by Gasteiger charge is 2.41. The highest BCUT2D eigenvalue weighted by atomic mass is 19.1. The lowest BCUT2D eigenvalue weighted by Gasteiger charge is -2.14. The summed E-state index contributed by atoms with van der Waals surface area (Å²) in [5, 5.41) is 11.1. The van der Waals surface area contributed by atoms with Gasteiger partial charge in [0.25, 0.3) is 0 Å². The van der Waals surface area contributed by atoms with Crippen LogP contribution in [0.15, 0.2) is 24.3 Å². The maximum atomic E-state index is 12.9. The molecular weight excluding hydrogens is 251 g/mol. The van der Waals surface area contributed by atoms with Gasteiger partial charge in [-0.25, -0.2) is 4.39 Å². The lowest BCUT2D eigenvalue weighted by Crippen LogP contribution is -2.29. The molecule has 1 aliphatic heterocycles. The maximum absolute atomic E-state index is 12.9. The molecule has 19 heavy (non-hydrogen) atoms. The summed E-state index contributed by atoms with van der Waals surface area (Å²) in [5.41, 5.74) is 0.822. The zero-order valence-corrected chi connectivity index (χ0v) is 10.8. The Balaban J connectivity index is 2.12. The third-order valence-electron chi connectivity index (χ3n) is 3.55. The third kappa shape index (κ3) is 3.27. The van der Waals surface area contributed by atoms with Gasteiger partial charge in [0.05, 0.1) is 19.1 Å². The SMILES string of the molecule is COCCN1C[C@@H]([N+](=O)[O-])[C@H](c2ccc(F)cc2)C1. The molecule has 2 atom stereocenters. The zero-order chi connectivity index (χ0) is 13.8. The summed E-state index contributed by atoms with van der Waals surface area (Å²) in [5.74, 6) is -0.511. The number of halogens is 1. The van der Waals surface area contributed by atoms with Crippen molar-refractivity contribution >= 4 is 0 Å². The summed E-state index contributed by atoms with van der Waals surface area (Å²) in [6, 6.07) is 5.34. The number of hydrogen-bond acceptors (Lipinski definition) is 4. The Hall–Kier alpha value is -1.53. The van der Waals surface area contributed by atoms with E-state index in [4.69, 9.17) is 4.74 Å². The van der Waals surface area contributed by atoms with Crippen molar-refractivity contribution in [3.8, 4) is 0 Å². The Bertz CT molecular complexity index is 438. The topological polar surface area (TPSA) is 55.6 Å². The Morgan fingerprint density at radius 2 is 2.11 bits per heavy atom. The standard InChI is InChI=1S/C13H17FN2O3/c1-19-7-6-15-8-12(13(9-15)16(17)18)10-2-4-11(14)5-3-10/h2-5,12-13H,6-9H2,1H3/t12-,13+/m0/s1. The molecule has 6 heteroatoms. The second-order valence-corrected chi connectivity index (χ2v) is 4.76. The summed E-state index contributed by atoms with van der Waals surface area (Å²) in [4.78, 5) is 12.9. The predicted octanol–water partition coefficient (Wildman–Crippen LogP) is 1.52. The van der Waals surface area contributed by atoms with Gasteiger partial charge < -0.3 is 4.74 Å². The zero-order valence-electron chi connectivity index (χ0n) is 10.8. The number of nitrogens with zero attached hydrogens (tertiary/aromatic N) is 2. The Morgan fingerprint density at radius 3 is 2.68 bits per heavy atom. The van der Waals surface area contributed by atoms with E-state index in [2.05, 4.69) is 0 Å². The molecule has 0 bridgehead atoms. The summed E-state index contributed by atoms with van der Waals surface area (Å²) in [6.45, 7) is 2.26. The van der Waals surface area contributed by atoms with E-state index in [0.717, 1.165) is 5.56 Å². The Morgan fingerprint density at radius 1 is 1.42 bits per heavy atom. The monoisotopic (exact) mass is 268 g/mol. The van der Waals surface area contributed by atoms with Crippen LogP contribution in [-0.4, -0.2) is 49.2 Å². The second-order valence-electron chi connectivity index (χ2n) is 4.76. The molecule has 1 aliphatic rings. The van der Waals surface area contributed by atoms with Crippen LogP contribution in [0.2, 0.25) is 0 Å². The quantitative estimate of drug-likeness (QED) is 0.600. The van der Waals surface area contributed by atoms with Crippen LogP contribution >= 0.6 is 0 Å². The molecule has 1 aromatic rings. The summed E-state index contributed by atoms with van der Waals surface area (Å²) in [7, 11) is 1.61. The van der Waals surface area contributed by atoms with E-state index in [1.54, 1.807) is 19.2 Å². The number of methoxy groups -OCH3 is 1. The molecule has 5 nitrogen and oxygen atoms in total. The molecule has 2 rings (SSSR count). The van der Waals surface area contributed by atoms with Gasteiger partial charge in [-0.2, -0.15) is 0 Å². The fourth-order valence-electron chi connectivity index (χ4n) is 2.52. The molecule has 0 radical (unpaired) electrons. The van der Waals surface area contributed by atoms with Gasteiger partial charge in [0.1, 0.15) is 5.82 Å². The first-order valence-electron chi connectivity index (χ1n) is 6.22. The molecule has 0 spiro atoms. The van der Waals surface area contributed by atoms with Crippen molar-refractivity contribution in [3.05, 3.63) is 45.8 Å². The molecule has 104 valence electrons. The molecule has 1 heterocycles. The third-order valence-corrected chi connectivity index (χ3v) is 3.55. The Kier molecular flexibility index (Phi) is 4.44. The minimum absolute atomic E-state index is 0.188. The fourth-order valence-corrected chi connectivity index (χ4v) is 2.52. The Labute approximate surface area is 111 Å². The van der Waals surface area contributed by atoms with E-state index in [1.165, 1.54) is 12.1 Å². The van der Waals surface area contributed by atoms with Crippen molar-refractivity contribution in [1.82, 2.24) is 4.90 Å². The minimum atomic E-state index is -0.637. The van der Waals surface area contributed by atoms with Crippen LogP contribution in [-0.2, 0) is 4.74 Å². The molecule has 0 amide bonds. The van der Waals surface area contributed by atoms with Gasteiger partial charge in [-0.3, -0.25) is 15.0 Å². The second kappa shape index (κ2) is 6.08.